The second-order valence-corrected chi connectivity index (χ2v) is 6.23. The highest BCUT2D eigenvalue weighted by Gasteiger charge is 2.40. The van der Waals surface area contributed by atoms with E-state index in [2.05, 4.69) is 51.2 Å². The molecule has 1 N–H and O–H groups in total. The molecule has 1 heterocycles. The van der Waals surface area contributed by atoms with Crippen molar-refractivity contribution in [3.05, 3.63) is 0 Å². The van der Waals surface area contributed by atoms with Crippen LogP contribution in [0.25, 0.3) is 0 Å². The number of anilines is 3. The van der Waals surface area contributed by atoms with Gasteiger partial charge in [0.05, 0.1) is 0 Å². The van der Waals surface area contributed by atoms with E-state index < -0.39 is 0 Å². The second kappa shape index (κ2) is 6.01. The molecule has 1 fully saturated rings. The zero-order valence-electron chi connectivity index (χ0n) is 14.0. The molecule has 0 unspecified atom stereocenters. The van der Waals surface area contributed by atoms with Crippen molar-refractivity contribution < 1.29 is 0 Å². The number of hydrogen-bond acceptors (Lipinski definition) is 7. The first-order chi connectivity index (χ1) is 9.88. The largest absolute Gasteiger partial charge is 0.357 e. The van der Waals surface area contributed by atoms with Gasteiger partial charge in [-0.2, -0.15) is 15.0 Å². The standard InChI is InChI=1S/C14H27N7/c1-15-11-16-12(19(2)3)18-13(17-11)21(6)10-14(20(4)5)8-7-9-14/h7-10H2,1-6H3,(H,15,16,17,18). The highest BCUT2D eigenvalue weighted by Crippen LogP contribution is 2.37. The lowest BCUT2D eigenvalue weighted by atomic mass is 9.75. The quantitative estimate of drug-likeness (QED) is 0.836. The molecular weight excluding hydrogens is 266 g/mol. The Bertz CT molecular complexity index is 482. The van der Waals surface area contributed by atoms with E-state index in [-0.39, 0.29) is 5.54 Å². The van der Waals surface area contributed by atoms with Crippen LogP contribution in [0.3, 0.4) is 0 Å². The molecule has 1 aromatic rings. The van der Waals surface area contributed by atoms with Gasteiger partial charge in [0.2, 0.25) is 17.8 Å². The highest BCUT2D eigenvalue weighted by molar-refractivity contribution is 5.44. The van der Waals surface area contributed by atoms with E-state index in [1.54, 1.807) is 0 Å². The molecule has 1 aliphatic rings. The molecular formula is C14H27N7. The van der Waals surface area contributed by atoms with Crippen LogP contribution in [-0.4, -0.2) is 74.2 Å². The highest BCUT2D eigenvalue weighted by atomic mass is 15.4. The maximum Gasteiger partial charge on any atom is 0.231 e. The van der Waals surface area contributed by atoms with Gasteiger partial charge in [0.25, 0.3) is 0 Å². The molecule has 0 aromatic carbocycles. The Morgan fingerprint density at radius 2 is 1.62 bits per heavy atom. The molecule has 0 aliphatic heterocycles. The Hall–Kier alpha value is -1.63. The third-order valence-electron chi connectivity index (χ3n) is 4.34. The molecule has 0 amide bonds. The minimum absolute atomic E-state index is 0.249. The SMILES string of the molecule is CNc1nc(N(C)C)nc(N(C)CC2(N(C)C)CCC2)n1. The average Bonchev–Trinajstić information content (AvgIpc) is 2.41. The van der Waals surface area contributed by atoms with Crippen LogP contribution >= 0.6 is 0 Å². The normalized spacial score (nSPS) is 16.5. The Labute approximate surface area is 127 Å². The van der Waals surface area contributed by atoms with Crippen molar-refractivity contribution in [2.45, 2.75) is 24.8 Å². The van der Waals surface area contributed by atoms with E-state index >= 15 is 0 Å². The predicted molar refractivity (Wildman–Crippen MR) is 87.2 cm³/mol. The molecule has 118 valence electrons. The molecule has 1 saturated carbocycles. The first-order valence-corrected chi connectivity index (χ1v) is 7.38. The monoisotopic (exact) mass is 293 g/mol. The molecule has 2 rings (SSSR count). The first-order valence-electron chi connectivity index (χ1n) is 7.38. The van der Waals surface area contributed by atoms with Crippen LogP contribution in [0.1, 0.15) is 19.3 Å². The average molecular weight is 293 g/mol. The van der Waals surface area contributed by atoms with E-state index in [4.69, 9.17) is 0 Å². The van der Waals surface area contributed by atoms with Crippen molar-refractivity contribution >= 4 is 17.8 Å². The topological polar surface area (TPSA) is 60.4 Å². The molecule has 21 heavy (non-hydrogen) atoms. The molecule has 7 nitrogen and oxygen atoms in total. The maximum absolute atomic E-state index is 4.55. The fourth-order valence-corrected chi connectivity index (χ4v) is 2.68. The van der Waals surface area contributed by atoms with Gasteiger partial charge in [-0.25, -0.2) is 0 Å². The van der Waals surface area contributed by atoms with Crippen molar-refractivity contribution in [3.8, 4) is 0 Å². The van der Waals surface area contributed by atoms with Crippen LogP contribution in [0.15, 0.2) is 0 Å². The van der Waals surface area contributed by atoms with Crippen LogP contribution in [0.2, 0.25) is 0 Å². The van der Waals surface area contributed by atoms with Crippen molar-refractivity contribution in [2.75, 3.05) is 63.9 Å². The fourth-order valence-electron chi connectivity index (χ4n) is 2.68. The van der Waals surface area contributed by atoms with Crippen LogP contribution in [-0.2, 0) is 0 Å². The van der Waals surface area contributed by atoms with Gasteiger partial charge in [-0.1, -0.05) is 0 Å². The lowest BCUT2D eigenvalue weighted by molar-refractivity contribution is 0.0680. The molecule has 0 atom stereocenters. The van der Waals surface area contributed by atoms with Crippen LogP contribution in [0.5, 0.6) is 0 Å². The van der Waals surface area contributed by atoms with Gasteiger partial charge < -0.3 is 20.0 Å². The fraction of sp³-hybridized carbons (Fsp3) is 0.786. The lowest BCUT2D eigenvalue weighted by Gasteiger charge is -2.49. The number of hydrogen-bond donors (Lipinski definition) is 1. The number of nitrogens with zero attached hydrogens (tertiary/aromatic N) is 6. The molecule has 1 aromatic heterocycles. The summed E-state index contributed by atoms with van der Waals surface area (Å²) in [5.74, 6) is 1.98. The molecule has 0 spiro atoms. The van der Waals surface area contributed by atoms with Crippen LogP contribution in [0, 0.1) is 0 Å². The lowest BCUT2D eigenvalue weighted by Crippen LogP contribution is -2.57. The number of rotatable bonds is 6. The molecule has 1 aliphatic carbocycles. The van der Waals surface area contributed by atoms with Gasteiger partial charge in [-0.15, -0.1) is 0 Å². The summed E-state index contributed by atoms with van der Waals surface area (Å²) in [5.41, 5.74) is 0.249. The van der Waals surface area contributed by atoms with Gasteiger partial charge in [0, 0.05) is 40.3 Å². The molecule has 7 heteroatoms. The third kappa shape index (κ3) is 3.18. The summed E-state index contributed by atoms with van der Waals surface area (Å²) in [4.78, 5) is 19.8. The summed E-state index contributed by atoms with van der Waals surface area (Å²) < 4.78 is 0. The van der Waals surface area contributed by atoms with E-state index in [0.717, 1.165) is 6.54 Å². The van der Waals surface area contributed by atoms with E-state index in [1.165, 1.54) is 19.3 Å². The van der Waals surface area contributed by atoms with Crippen LogP contribution < -0.4 is 15.1 Å². The van der Waals surface area contributed by atoms with Crippen molar-refractivity contribution in [2.24, 2.45) is 0 Å². The van der Waals surface area contributed by atoms with Crippen LogP contribution in [0.4, 0.5) is 17.8 Å². The maximum atomic E-state index is 4.55. The Balaban J connectivity index is 2.22. The smallest absolute Gasteiger partial charge is 0.231 e. The second-order valence-electron chi connectivity index (χ2n) is 6.23. The Kier molecular flexibility index (Phi) is 4.51. The minimum Gasteiger partial charge on any atom is -0.357 e. The summed E-state index contributed by atoms with van der Waals surface area (Å²) in [6.45, 7) is 0.931. The summed E-state index contributed by atoms with van der Waals surface area (Å²) >= 11 is 0. The van der Waals surface area contributed by atoms with Crippen molar-refractivity contribution in [1.29, 1.82) is 0 Å². The Morgan fingerprint density at radius 1 is 1.00 bits per heavy atom. The van der Waals surface area contributed by atoms with Gasteiger partial charge in [0.15, 0.2) is 0 Å². The molecule has 0 radical (unpaired) electrons. The minimum atomic E-state index is 0.249. The van der Waals surface area contributed by atoms with Gasteiger partial charge in [-0.05, 0) is 33.4 Å². The van der Waals surface area contributed by atoms with Gasteiger partial charge >= 0.3 is 0 Å². The zero-order valence-corrected chi connectivity index (χ0v) is 14.0. The van der Waals surface area contributed by atoms with Crippen molar-refractivity contribution in [1.82, 2.24) is 19.9 Å². The summed E-state index contributed by atoms with van der Waals surface area (Å²) in [5, 5.41) is 3.01. The van der Waals surface area contributed by atoms with Crippen molar-refractivity contribution in [3.63, 3.8) is 0 Å². The number of nitrogens with one attached hydrogen (secondary N) is 1. The zero-order chi connectivity index (χ0) is 15.6. The number of likely N-dealkylation sites (N-methyl/N-ethyl adjacent to an activating group) is 2. The molecule has 0 saturated heterocycles. The summed E-state index contributed by atoms with van der Waals surface area (Å²) in [7, 11) is 12.1. The molecule has 0 bridgehead atoms. The Morgan fingerprint density at radius 3 is 2.05 bits per heavy atom. The van der Waals surface area contributed by atoms with E-state index in [1.807, 2.05) is 26.0 Å². The van der Waals surface area contributed by atoms with Gasteiger partial charge in [0.1, 0.15) is 0 Å². The third-order valence-corrected chi connectivity index (χ3v) is 4.34. The number of aromatic nitrogens is 3. The van der Waals surface area contributed by atoms with Gasteiger partial charge in [-0.3, -0.25) is 0 Å². The summed E-state index contributed by atoms with van der Waals surface area (Å²) in [6.07, 6.45) is 3.76. The first kappa shape index (κ1) is 15.8. The van der Waals surface area contributed by atoms with E-state index in [0.29, 0.717) is 17.8 Å². The van der Waals surface area contributed by atoms with E-state index in [9.17, 15) is 0 Å². The summed E-state index contributed by atoms with van der Waals surface area (Å²) in [6, 6.07) is 0. The predicted octanol–water partition coefficient (Wildman–Crippen LogP) is 0.900.